The second-order valence-corrected chi connectivity index (χ2v) is 9.96. The van der Waals surface area contributed by atoms with Crippen LogP contribution >= 0.6 is 11.8 Å². The molecule has 0 amide bonds. The number of benzene rings is 1. The topological polar surface area (TPSA) is 9.23 Å². The minimum absolute atomic E-state index is 0.0721. The van der Waals surface area contributed by atoms with Gasteiger partial charge < -0.3 is 4.74 Å². The van der Waals surface area contributed by atoms with E-state index in [4.69, 9.17) is 4.74 Å². The Morgan fingerprint density at radius 1 is 0.786 bits per heavy atom. The number of hydrogen-bond donors (Lipinski definition) is 0. The molecule has 28 heavy (non-hydrogen) atoms. The van der Waals surface area contributed by atoms with Crippen molar-refractivity contribution in [1.29, 1.82) is 0 Å². The van der Waals surface area contributed by atoms with Crippen molar-refractivity contribution in [3.8, 4) is 5.75 Å². The number of halogens is 2. The van der Waals surface area contributed by atoms with E-state index in [2.05, 4.69) is 13.8 Å². The van der Waals surface area contributed by atoms with E-state index in [0.717, 1.165) is 30.4 Å². The maximum absolute atomic E-state index is 14.5. The molecular formula is C24H36F2OS. The zero-order chi connectivity index (χ0) is 19.9. The van der Waals surface area contributed by atoms with Crippen LogP contribution in [0.15, 0.2) is 17.0 Å². The third-order valence-electron chi connectivity index (χ3n) is 7.05. The Balaban J connectivity index is 1.47. The largest absolute Gasteiger partial charge is 0.490 e. The molecule has 1 aromatic rings. The highest BCUT2D eigenvalue weighted by Gasteiger charge is 2.23. The molecule has 0 aliphatic heterocycles. The molecular weight excluding hydrogens is 374 g/mol. The maximum Gasteiger partial charge on any atom is 0.201 e. The molecule has 0 heterocycles. The summed E-state index contributed by atoms with van der Waals surface area (Å²) in [7, 11) is 0. The lowest BCUT2D eigenvalue weighted by atomic mass is 9.81. The molecule has 0 N–H and O–H groups in total. The van der Waals surface area contributed by atoms with Crippen LogP contribution in [-0.4, -0.2) is 12.4 Å². The van der Waals surface area contributed by atoms with E-state index in [1.54, 1.807) is 12.1 Å². The normalized spacial score (nSPS) is 28.3. The van der Waals surface area contributed by atoms with Gasteiger partial charge in [0.15, 0.2) is 11.6 Å². The van der Waals surface area contributed by atoms with Crippen molar-refractivity contribution in [2.45, 2.75) is 83.0 Å². The van der Waals surface area contributed by atoms with Crippen LogP contribution in [0, 0.1) is 35.3 Å². The fraction of sp³-hybridized carbons (Fsp3) is 0.750. The summed E-state index contributed by atoms with van der Waals surface area (Å²) >= 11 is 1.46. The van der Waals surface area contributed by atoms with Gasteiger partial charge in [-0.05, 0) is 61.5 Å². The molecule has 0 bridgehead atoms. The van der Waals surface area contributed by atoms with Crippen molar-refractivity contribution in [3.05, 3.63) is 23.8 Å². The Morgan fingerprint density at radius 2 is 1.32 bits per heavy atom. The third kappa shape index (κ3) is 5.87. The first-order chi connectivity index (χ1) is 13.6. The molecule has 2 saturated carbocycles. The summed E-state index contributed by atoms with van der Waals surface area (Å²) in [5.74, 6) is 2.20. The summed E-state index contributed by atoms with van der Waals surface area (Å²) in [5, 5.41) is 0. The standard InChI is InChI=1S/C24H36F2OS/c1-3-17-5-9-19(10-6-17)15-27-21-13-14-22(24(26)23(21)25)28-16-20-11-7-18(4-2)8-12-20/h13-14,17-20H,3-12,15-16H2,1-2H3. The van der Waals surface area contributed by atoms with Crippen LogP contribution in [0.25, 0.3) is 0 Å². The quantitative estimate of drug-likeness (QED) is 0.403. The van der Waals surface area contributed by atoms with Crippen LogP contribution in [0.4, 0.5) is 8.78 Å². The highest BCUT2D eigenvalue weighted by molar-refractivity contribution is 7.99. The molecule has 0 saturated heterocycles. The van der Waals surface area contributed by atoms with Crippen LogP contribution in [0.3, 0.4) is 0 Å². The lowest BCUT2D eigenvalue weighted by molar-refractivity contribution is 0.175. The third-order valence-corrected chi connectivity index (χ3v) is 8.31. The number of thioether (sulfide) groups is 1. The van der Waals surface area contributed by atoms with Gasteiger partial charge in [0.1, 0.15) is 0 Å². The summed E-state index contributed by atoms with van der Waals surface area (Å²) in [6.07, 6.45) is 12.3. The Morgan fingerprint density at radius 3 is 1.89 bits per heavy atom. The van der Waals surface area contributed by atoms with Gasteiger partial charge in [0.2, 0.25) is 5.82 Å². The van der Waals surface area contributed by atoms with E-state index in [0.29, 0.717) is 23.3 Å². The second kappa shape index (κ2) is 10.8. The molecule has 2 fully saturated rings. The Kier molecular flexibility index (Phi) is 8.50. The summed E-state index contributed by atoms with van der Waals surface area (Å²) in [5.41, 5.74) is 0. The number of ether oxygens (including phenoxy) is 1. The molecule has 0 atom stereocenters. The summed E-state index contributed by atoms with van der Waals surface area (Å²) in [6.45, 7) is 5.01. The molecule has 0 aromatic heterocycles. The lowest BCUT2D eigenvalue weighted by Crippen LogP contribution is -2.20. The van der Waals surface area contributed by atoms with Gasteiger partial charge in [0.25, 0.3) is 0 Å². The molecule has 158 valence electrons. The zero-order valence-corrected chi connectivity index (χ0v) is 18.3. The Hall–Kier alpha value is -0.770. The van der Waals surface area contributed by atoms with Crippen LogP contribution in [0.1, 0.15) is 78.1 Å². The predicted octanol–water partition coefficient (Wildman–Crippen LogP) is 7.87. The van der Waals surface area contributed by atoms with Crippen molar-refractivity contribution in [3.63, 3.8) is 0 Å². The SMILES string of the molecule is CCC1CCC(COc2ccc(SCC3CCC(CC)CC3)c(F)c2F)CC1. The number of rotatable bonds is 8. The molecule has 1 aromatic carbocycles. The Labute approximate surface area is 174 Å². The first kappa shape index (κ1) is 21.9. The van der Waals surface area contributed by atoms with Gasteiger partial charge in [-0.2, -0.15) is 4.39 Å². The average Bonchev–Trinajstić information content (AvgIpc) is 2.75. The van der Waals surface area contributed by atoms with E-state index in [-0.39, 0.29) is 5.75 Å². The van der Waals surface area contributed by atoms with Gasteiger partial charge in [0, 0.05) is 10.6 Å². The number of hydrogen-bond acceptors (Lipinski definition) is 2. The fourth-order valence-corrected chi connectivity index (χ4v) is 5.89. The maximum atomic E-state index is 14.5. The van der Waals surface area contributed by atoms with Crippen molar-refractivity contribution in [1.82, 2.24) is 0 Å². The molecule has 0 unspecified atom stereocenters. The van der Waals surface area contributed by atoms with Gasteiger partial charge in [-0.15, -0.1) is 11.8 Å². The summed E-state index contributed by atoms with van der Waals surface area (Å²) in [6, 6.07) is 3.32. The molecule has 1 nitrogen and oxygen atoms in total. The average molecular weight is 411 g/mol. The van der Waals surface area contributed by atoms with Gasteiger partial charge in [-0.25, -0.2) is 4.39 Å². The minimum atomic E-state index is -0.818. The van der Waals surface area contributed by atoms with E-state index < -0.39 is 11.6 Å². The van der Waals surface area contributed by atoms with Crippen molar-refractivity contribution in [2.75, 3.05) is 12.4 Å². The van der Waals surface area contributed by atoms with Crippen molar-refractivity contribution >= 4 is 11.8 Å². The molecule has 0 radical (unpaired) electrons. The predicted molar refractivity (Wildman–Crippen MR) is 114 cm³/mol. The minimum Gasteiger partial charge on any atom is -0.490 e. The van der Waals surface area contributed by atoms with Crippen molar-refractivity contribution in [2.24, 2.45) is 23.7 Å². The summed E-state index contributed by atoms with van der Waals surface area (Å²) < 4.78 is 34.7. The first-order valence-electron chi connectivity index (χ1n) is 11.3. The van der Waals surface area contributed by atoms with Gasteiger partial charge in [0.05, 0.1) is 6.61 Å². The van der Waals surface area contributed by atoms with Gasteiger partial charge >= 0.3 is 0 Å². The van der Waals surface area contributed by atoms with Crippen molar-refractivity contribution < 1.29 is 13.5 Å². The van der Waals surface area contributed by atoms with E-state index in [9.17, 15) is 8.78 Å². The highest BCUT2D eigenvalue weighted by Crippen LogP contribution is 2.37. The van der Waals surface area contributed by atoms with Gasteiger partial charge in [-0.1, -0.05) is 52.4 Å². The fourth-order valence-electron chi connectivity index (χ4n) is 4.77. The molecule has 3 rings (SSSR count). The highest BCUT2D eigenvalue weighted by atomic mass is 32.2. The molecule has 4 heteroatoms. The second-order valence-electron chi connectivity index (χ2n) is 8.90. The van der Waals surface area contributed by atoms with Crippen LogP contribution in [0.2, 0.25) is 0 Å². The molecule has 2 aliphatic carbocycles. The van der Waals surface area contributed by atoms with Crippen LogP contribution in [-0.2, 0) is 0 Å². The van der Waals surface area contributed by atoms with E-state index >= 15 is 0 Å². The van der Waals surface area contributed by atoms with E-state index in [1.807, 2.05) is 0 Å². The smallest absolute Gasteiger partial charge is 0.201 e. The van der Waals surface area contributed by atoms with Crippen LogP contribution in [0.5, 0.6) is 5.75 Å². The molecule has 2 aliphatic rings. The van der Waals surface area contributed by atoms with Gasteiger partial charge in [-0.3, -0.25) is 0 Å². The monoisotopic (exact) mass is 410 g/mol. The first-order valence-corrected chi connectivity index (χ1v) is 12.3. The van der Waals surface area contributed by atoms with Crippen LogP contribution < -0.4 is 4.74 Å². The zero-order valence-electron chi connectivity index (χ0n) is 17.5. The van der Waals surface area contributed by atoms with E-state index in [1.165, 1.54) is 63.1 Å². The Bertz CT molecular complexity index is 552. The lowest BCUT2D eigenvalue weighted by Gasteiger charge is -2.28. The molecule has 0 spiro atoms. The summed E-state index contributed by atoms with van der Waals surface area (Å²) in [4.78, 5) is 0.422.